The lowest BCUT2D eigenvalue weighted by Crippen LogP contribution is -1.95. The third kappa shape index (κ3) is 6.36. The molecule has 2 aromatic heterocycles. The van der Waals surface area contributed by atoms with Gasteiger partial charge in [0.25, 0.3) is 0 Å². The van der Waals surface area contributed by atoms with Crippen LogP contribution < -0.4 is 0 Å². The van der Waals surface area contributed by atoms with Gasteiger partial charge < -0.3 is 0 Å². The van der Waals surface area contributed by atoms with Gasteiger partial charge in [-0.1, -0.05) is 158 Å². The second kappa shape index (κ2) is 13.8. The summed E-state index contributed by atoms with van der Waals surface area (Å²) in [7, 11) is 0. The molecule has 0 radical (unpaired) electrons. The van der Waals surface area contributed by atoms with Crippen LogP contribution in [0, 0.1) is 0 Å². The zero-order valence-electron chi connectivity index (χ0n) is 29.9. The van der Waals surface area contributed by atoms with Crippen molar-refractivity contribution in [2.45, 2.75) is 0 Å². The fourth-order valence-corrected chi connectivity index (χ4v) is 7.35. The Morgan fingerprint density at radius 3 is 1.33 bits per heavy atom. The van der Waals surface area contributed by atoms with Gasteiger partial charge in [0.2, 0.25) is 0 Å². The van der Waals surface area contributed by atoms with E-state index >= 15 is 0 Å². The van der Waals surface area contributed by atoms with Crippen LogP contribution in [-0.2, 0) is 0 Å². The normalized spacial score (nSPS) is 11.3. The topological polar surface area (TPSA) is 43.6 Å². The molecule has 0 amide bonds. The molecule has 0 bridgehead atoms. The van der Waals surface area contributed by atoms with Crippen LogP contribution in [0.2, 0.25) is 0 Å². The molecule has 258 valence electrons. The molecule has 4 nitrogen and oxygen atoms in total. The molecule has 2 heterocycles. The largest absolute Gasteiger partial charge is 0.299 e. The zero-order chi connectivity index (χ0) is 36.6. The van der Waals surface area contributed by atoms with Gasteiger partial charge in [0, 0.05) is 22.4 Å². The van der Waals surface area contributed by atoms with Crippen molar-refractivity contribution in [3.05, 3.63) is 207 Å². The number of para-hydroxylation sites is 1. The lowest BCUT2D eigenvalue weighted by Gasteiger charge is -2.11. The summed E-state index contributed by atoms with van der Waals surface area (Å²) in [6.45, 7) is 0. The zero-order valence-corrected chi connectivity index (χ0v) is 29.9. The minimum absolute atomic E-state index is 0.709. The molecule has 0 saturated heterocycles. The Hall–Kier alpha value is -7.43. The van der Waals surface area contributed by atoms with Crippen LogP contribution in [0.3, 0.4) is 0 Å². The SMILES string of the molecule is c1ccc(-c2cc(-c3ccccc3)nc(-c3ccc(-c4ccc5ccc(-c6ccc(-c7ccc8c(c7)ncn8-c7ccccc7)cc6)cc5c4)cc3)n2)cc1. The number of hydrogen-bond donors (Lipinski definition) is 0. The van der Waals surface area contributed by atoms with Crippen LogP contribution in [0.4, 0.5) is 0 Å². The highest BCUT2D eigenvalue weighted by molar-refractivity contribution is 5.91. The molecule has 0 aliphatic rings. The van der Waals surface area contributed by atoms with Crippen LogP contribution in [0.25, 0.3) is 94.8 Å². The number of nitrogens with zero attached hydrogens (tertiary/aromatic N) is 4. The van der Waals surface area contributed by atoms with E-state index in [2.05, 4.69) is 162 Å². The molecular formula is C51H34N4. The highest BCUT2D eigenvalue weighted by Gasteiger charge is 2.12. The fourth-order valence-electron chi connectivity index (χ4n) is 7.35. The number of rotatable bonds is 7. The van der Waals surface area contributed by atoms with E-state index in [1.165, 1.54) is 33.0 Å². The lowest BCUT2D eigenvalue weighted by atomic mass is 9.96. The van der Waals surface area contributed by atoms with E-state index in [0.29, 0.717) is 5.82 Å². The van der Waals surface area contributed by atoms with E-state index in [-0.39, 0.29) is 0 Å². The monoisotopic (exact) mass is 702 g/mol. The molecule has 0 aliphatic heterocycles. The molecule has 4 heteroatoms. The third-order valence-corrected chi connectivity index (χ3v) is 10.3. The smallest absolute Gasteiger partial charge is 0.160 e. The van der Waals surface area contributed by atoms with E-state index in [1.807, 2.05) is 48.8 Å². The lowest BCUT2D eigenvalue weighted by molar-refractivity contribution is 1.09. The first-order chi connectivity index (χ1) is 27.2. The van der Waals surface area contributed by atoms with Crippen molar-refractivity contribution in [3.8, 4) is 73.0 Å². The van der Waals surface area contributed by atoms with Crippen molar-refractivity contribution in [1.29, 1.82) is 0 Å². The maximum Gasteiger partial charge on any atom is 0.160 e. The Morgan fingerprint density at radius 2 is 0.782 bits per heavy atom. The Labute approximate surface area is 319 Å². The van der Waals surface area contributed by atoms with Crippen LogP contribution in [0.1, 0.15) is 0 Å². The first-order valence-electron chi connectivity index (χ1n) is 18.5. The maximum atomic E-state index is 5.01. The Balaban J connectivity index is 0.917. The van der Waals surface area contributed by atoms with Crippen LogP contribution in [0.5, 0.6) is 0 Å². The molecule has 0 N–H and O–H groups in total. The average Bonchev–Trinajstić information content (AvgIpc) is 3.70. The Morgan fingerprint density at radius 1 is 0.327 bits per heavy atom. The summed E-state index contributed by atoms with van der Waals surface area (Å²) < 4.78 is 2.13. The second-order valence-corrected chi connectivity index (χ2v) is 13.8. The standard InChI is InChI=1S/C51H34N4/c1-4-10-39(11-5-1)47-33-48(40-12-6-2-7-13-40)54-51(53-47)41-24-20-36(21-25-41)43-27-23-38-22-26-42(30-45(38)31-43)35-16-18-37(19-17-35)44-28-29-50-49(32-44)52-34-55(50)46-14-8-3-9-15-46/h1-34H. The van der Waals surface area contributed by atoms with Gasteiger partial charge in [-0.15, -0.1) is 0 Å². The van der Waals surface area contributed by atoms with Gasteiger partial charge in [0.15, 0.2) is 5.82 Å². The van der Waals surface area contributed by atoms with Gasteiger partial charge in [-0.05, 0) is 86.6 Å². The van der Waals surface area contributed by atoms with E-state index < -0.39 is 0 Å². The molecule has 0 aliphatic carbocycles. The predicted octanol–water partition coefficient (Wildman–Crippen LogP) is 13.0. The van der Waals surface area contributed by atoms with Gasteiger partial charge in [-0.25, -0.2) is 15.0 Å². The van der Waals surface area contributed by atoms with Crippen molar-refractivity contribution in [2.24, 2.45) is 0 Å². The quantitative estimate of drug-likeness (QED) is 0.166. The van der Waals surface area contributed by atoms with Gasteiger partial charge in [0.1, 0.15) is 6.33 Å². The molecule has 10 rings (SSSR count). The highest BCUT2D eigenvalue weighted by Crippen LogP contribution is 2.33. The molecule has 10 aromatic rings. The summed E-state index contributed by atoms with van der Waals surface area (Å²) in [5.74, 6) is 0.709. The first kappa shape index (κ1) is 32.2. The predicted molar refractivity (Wildman–Crippen MR) is 227 cm³/mol. The number of hydrogen-bond acceptors (Lipinski definition) is 3. The fraction of sp³-hybridized carbons (Fsp3) is 0. The van der Waals surface area contributed by atoms with E-state index in [4.69, 9.17) is 15.0 Å². The second-order valence-electron chi connectivity index (χ2n) is 13.8. The van der Waals surface area contributed by atoms with Crippen LogP contribution >= 0.6 is 0 Å². The molecule has 0 saturated carbocycles. The molecule has 0 unspecified atom stereocenters. The number of benzene rings is 8. The third-order valence-electron chi connectivity index (χ3n) is 10.3. The Kier molecular flexibility index (Phi) is 8.12. The first-order valence-corrected chi connectivity index (χ1v) is 18.5. The van der Waals surface area contributed by atoms with Gasteiger partial charge in [-0.2, -0.15) is 0 Å². The van der Waals surface area contributed by atoms with Crippen molar-refractivity contribution < 1.29 is 0 Å². The number of fused-ring (bicyclic) bond motifs is 2. The summed E-state index contributed by atoms with van der Waals surface area (Å²) in [4.78, 5) is 14.7. The number of imidazole rings is 1. The Bertz CT molecular complexity index is 2880. The molecule has 0 spiro atoms. The molecule has 55 heavy (non-hydrogen) atoms. The average molecular weight is 703 g/mol. The van der Waals surface area contributed by atoms with Crippen LogP contribution in [0.15, 0.2) is 207 Å². The summed E-state index contributed by atoms with van der Waals surface area (Å²) in [5, 5.41) is 2.41. The maximum absolute atomic E-state index is 5.01. The highest BCUT2D eigenvalue weighted by atomic mass is 15.0. The number of aromatic nitrogens is 4. The summed E-state index contributed by atoms with van der Waals surface area (Å²) in [6.07, 6.45) is 1.90. The molecule has 0 atom stereocenters. The molecule has 0 fully saturated rings. The minimum atomic E-state index is 0.709. The summed E-state index contributed by atoms with van der Waals surface area (Å²) >= 11 is 0. The van der Waals surface area contributed by atoms with E-state index in [9.17, 15) is 0 Å². The van der Waals surface area contributed by atoms with E-state index in [0.717, 1.165) is 55.9 Å². The van der Waals surface area contributed by atoms with Gasteiger partial charge >= 0.3 is 0 Å². The summed E-state index contributed by atoms with van der Waals surface area (Å²) in [6, 6.07) is 70.3. The minimum Gasteiger partial charge on any atom is -0.299 e. The molecule has 8 aromatic carbocycles. The van der Waals surface area contributed by atoms with Gasteiger partial charge in [-0.3, -0.25) is 4.57 Å². The van der Waals surface area contributed by atoms with Crippen molar-refractivity contribution in [3.63, 3.8) is 0 Å². The van der Waals surface area contributed by atoms with Crippen LogP contribution in [-0.4, -0.2) is 19.5 Å². The van der Waals surface area contributed by atoms with Gasteiger partial charge in [0.05, 0.1) is 22.4 Å². The molecular weight excluding hydrogens is 669 g/mol. The summed E-state index contributed by atoms with van der Waals surface area (Å²) in [5.41, 5.74) is 15.1. The van der Waals surface area contributed by atoms with Crippen molar-refractivity contribution in [2.75, 3.05) is 0 Å². The van der Waals surface area contributed by atoms with Crippen molar-refractivity contribution >= 4 is 21.8 Å². The van der Waals surface area contributed by atoms with Crippen molar-refractivity contribution in [1.82, 2.24) is 19.5 Å². The van der Waals surface area contributed by atoms with E-state index in [1.54, 1.807) is 0 Å².